The smallest absolute Gasteiger partial charge is 0.290 e. The number of nitrogens with one attached hydrogen (secondary N) is 2. The fourth-order valence-electron chi connectivity index (χ4n) is 3.55. The molecule has 3 N–H and O–H groups in total. The fraction of sp³-hybridized carbons (Fsp3) is 0.261. The molecule has 0 spiro atoms. The molecule has 2 aliphatic heterocycles. The lowest BCUT2D eigenvalue weighted by Gasteiger charge is -2.22. The van der Waals surface area contributed by atoms with Crippen molar-refractivity contribution in [3.05, 3.63) is 64.7 Å². The average Bonchev–Trinajstić information content (AvgIpc) is 3.08. The van der Waals surface area contributed by atoms with Crippen molar-refractivity contribution in [1.82, 2.24) is 10.7 Å². The Balaban J connectivity index is 0.000000858. The predicted octanol–water partition coefficient (Wildman–Crippen LogP) is 2.28. The van der Waals surface area contributed by atoms with Crippen molar-refractivity contribution in [1.29, 1.82) is 0 Å². The second-order valence-corrected chi connectivity index (χ2v) is 6.97. The number of carbonyl (C=O) groups excluding carboxylic acids is 2. The Morgan fingerprint density at radius 3 is 2.58 bits per heavy atom. The zero-order valence-electron chi connectivity index (χ0n) is 17.3. The normalized spacial score (nSPS) is 16.3. The number of hydrazine groups is 1. The summed E-state index contributed by atoms with van der Waals surface area (Å²) in [5, 5.41) is 11.5. The van der Waals surface area contributed by atoms with Gasteiger partial charge < -0.3 is 15.2 Å². The molecule has 2 aliphatic rings. The van der Waals surface area contributed by atoms with Crippen molar-refractivity contribution in [2.75, 3.05) is 18.2 Å². The maximum Gasteiger partial charge on any atom is 0.290 e. The van der Waals surface area contributed by atoms with Crippen LogP contribution < -0.4 is 20.5 Å². The van der Waals surface area contributed by atoms with Gasteiger partial charge in [-0.2, -0.15) is 0 Å². The number of hydrogen-bond acceptors (Lipinski definition) is 5. The van der Waals surface area contributed by atoms with E-state index in [-0.39, 0.29) is 18.0 Å². The standard InChI is InChI=1S/C22H23N3O3.CH2O2/c1-2-12-28-20-9-8-15(19-14-23-11-10-17(19)20)13-18-21(26)24-25(22(18)27)16-6-4-3-5-7-16;2-1-3/h3-9,13,23H,2,10-12,14H2,1H3,(H,24,26);1H,(H,2,3)/b18-13-;. The highest BCUT2D eigenvalue weighted by Crippen LogP contribution is 2.31. The fourth-order valence-corrected chi connectivity index (χ4v) is 3.55. The molecule has 0 radical (unpaired) electrons. The minimum atomic E-state index is -0.391. The number of benzene rings is 2. The second kappa shape index (κ2) is 10.4. The number of para-hydroxylation sites is 1. The molecule has 4 rings (SSSR count). The summed E-state index contributed by atoms with van der Waals surface area (Å²) in [6.45, 7) is 4.08. The number of carbonyl (C=O) groups is 3. The molecule has 2 amide bonds. The average molecular weight is 423 g/mol. The summed E-state index contributed by atoms with van der Waals surface area (Å²) in [7, 11) is 0. The zero-order valence-corrected chi connectivity index (χ0v) is 17.3. The molecule has 8 heteroatoms. The van der Waals surface area contributed by atoms with Gasteiger partial charge in [-0.1, -0.05) is 31.2 Å². The molecule has 0 bridgehead atoms. The summed E-state index contributed by atoms with van der Waals surface area (Å²) < 4.78 is 5.89. The molecule has 8 nitrogen and oxygen atoms in total. The van der Waals surface area contributed by atoms with Gasteiger partial charge in [-0.3, -0.25) is 19.8 Å². The van der Waals surface area contributed by atoms with Crippen LogP contribution in [0.2, 0.25) is 0 Å². The van der Waals surface area contributed by atoms with Crippen LogP contribution in [0.3, 0.4) is 0 Å². The molecule has 162 valence electrons. The predicted molar refractivity (Wildman–Crippen MR) is 116 cm³/mol. The van der Waals surface area contributed by atoms with Gasteiger partial charge in [0.2, 0.25) is 0 Å². The number of nitrogens with zero attached hydrogens (tertiary/aromatic N) is 1. The first-order chi connectivity index (χ1) is 15.1. The first-order valence-corrected chi connectivity index (χ1v) is 10.1. The highest BCUT2D eigenvalue weighted by atomic mass is 16.5. The van der Waals surface area contributed by atoms with Crippen LogP contribution in [0, 0.1) is 0 Å². The number of rotatable bonds is 5. The third kappa shape index (κ3) is 4.92. The number of carboxylic acid groups (broad SMARTS) is 1. The Labute approximate surface area is 180 Å². The quantitative estimate of drug-likeness (QED) is 0.387. The molecular formula is C23H25N3O5. The summed E-state index contributed by atoms with van der Waals surface area (Å²) in [6, 6.07) is 13.0. The monoisotopic (exact) mass is 423 g/mol. The van der Waals surface area contributed by atoms with Gasteiger partial charge in [0.15, 0.2) is 0 Å². The van der Waals surface area contributed by atoms with E-state index in [1.807, 2.05) is 30.3 Å². The molecule has 0 aliphatic carbocycles. The van der Waals surface area contributed by atoms with Gasteiger partial charge in [-0.25, -0.2) is 5.01 Å². The van der Waals surface area contributed by atoms with Crippen molar-refractivity contribution in [2.45, 2.75) is 26.3 Å². The van der Waals surface area contributed by atoms with Crippen LogP contribution in [0.1, 0.15) is 30.0 Å². The highest BCUT2D eigenvalue weighted by Gasteiger charge is 2.34. The first kappa shape index (κ1) is 22.0. The summed E-state index contributed by atoms with van der Waals surface area (Å²) in [4.78, 5) is 33.7. The molecule has 0 aromatic heterocycles. The topological polar surface area (TPSA) is 108 Å². The van der Waals surface area contributed by atoms with Gasteiger partial charge in [0, 0.05) is 12.1 Å². The Kier molecular flexibility index (Phi) is 7.40. The van der Waals surface area contributed by atoms with Crippen molar-refractivity contribution in [3.63, 3.8) is 0 Å². The minimum Gasteiger partial charge on any atom is -0.493 e. The number of anilines is 1. The van der Waals surface area contributed by atoms with Crippen LogP contribution in [0.4, 0.5) is 5.69 Å². The zero-order chi connectivity index (χ0) is 22.2. The van der Waals surface area contributed by atoms with Gasteiger partial charge in [0.1, 0.15) is 11.3 Å². The van der Waals surface area contributed by atoms with Crippen LogP contribution in [-0.4, -0.2) is 36.5 Å². The van der Waals surface area contributed by atoms with Gasteiger partial charge >= 0.3 is 0 Å². The van der Waals surface area contributed by atoms with Crippen LogP contribution in [-0.2, 0) is 27.3 Å². The Morgan fingerprint density at radius 1 is 1.13 bits per heavy atom. The van der Waals surface area contributed by atoms with Crippen molar-refractivity contribution < 1.29 is 24.2 Å². The van der Waals surface area contributed by atoms with E-state index in [0.29, 0.717) is 18.8 Å². The summed E-state index contributed by atoms with van der Waals surface area (Å²) in [6.07, 6.45) is 3.50. The lowest BCUT2D eigenvalue weighted by Crippen LogP contribution is -2.35. The van der Waals surface area contributed by atoms with E-state index in [2.05, 4.69) is 17.7 Å². The lowest BCUT2D eigenvalue weighted by atomic mass is 9.93. The summed E-state index contributed by atoms with van der Waals surface area (Å²) in [5.74, 6) is 0.159. The van der Waals surface area contributed by atoms with Gasteiger partial charge in [0.25, 0.3) is 18.3 Å². The van der Waals surface area contributed by atoms with Crippen molar-refractivity contribution >= 4 is 30.0 Å². The Morgan fingerprint density at radius 2 is 1.87 bits per heavy atom. The second-order valence-electron chi connectivity index (χ2n) is 6.97. The van der Waals surface area contributed by atoms with E-state index in [9.17, 15) is 9.59 Å². The number of fused-ring (bicyclic) bond motifs is 1. The maximum absolute atomic E-state index is 12.8. The summed E-state index contributed by atoms with van der Waals surface area (Å²) >= 11 is 0. The van der Waals surface area contributed by atoms with E-state index in [4.69, 9.17) is 14.6 Å². The number of amides is 2. The molecule has 1 saturated heterocycles. The van der Waals surface area contributed by atoms with Crippen LogP contribution >= 0.6 is 0 Å². The third-order valence-electron chi connectivity index (χ3n) is 4.95. The van der Waals surface area contributed by atoms with Crippen LogP contribution in [0.5, 0.6) is 5.75 Å². The molecule has 0 atom stereocenters. The molecule has 2 aromatic carbocycles. The summed E-state index contributed by atoms with van der Waals surface area (Å²) in [5.41, 5.74) is 6.54. The molecule has 0 saturated carbocycles. The first-order valence-electron chi connectivity index (χ1n) is 10.1. The number of hydrogen-bond donors (Lipinski definition) is 3. The molecule has 0 unspecified atom stereocenters. The van der Waals surface area contributed by atoms with E-state index < -0.39 is 5.91 Å². The van der Waals surface area contributed by atoms with Crippen molar-refractivity contribution in [3.8, 4) is 5.75 Å². The molecular weight excluding hydrogens is 398 g/mol. The molecule has 1 fully saturated rings. The Bertz CT molecular complexity index is 988. The maximum atomic E-state index is 12.8. The number of ether oxygens (including phenoxy) is 1. The highest BCUT2D eigenvalue weighted by molar-refractivity contribution is 6.31. The van der Waals surface area contributed by atoms with E-state index in [1.54, 1.807) is 18.2 Å². The van der Waals surface area contributed by atoms with E-state index in [1.165, 1.54) is 5.01 Å². The van der Waals surface area contributed by atoms with Crippen molar-refractivity contribution in [2.24, 2.45) is 0 Å². The largest absolute Gasteiger partial charge is 0.493 e. The Hall–Kier alpha value is -3.65. The van der Waals surface area contributed by atoms with Gasteiger partial charge in [-0.15, -0.1) is 0 Å². The minimum absolute atomic E-state index is 0.138. The molecule has 2 heterocycles. The molecule has 2 aromatic rings. The third-order valence-corrected chi connectivity index (χ3v) is 4.95. The van der Waals surface area contributed by atoms with E-state index >= 15 is 0 Å². The SMILES string of the molecule is CCCOc1ccc(/C=C2/C(=O)NN(c3ccccc3)C2=O)c2c1CCNC2.O=CO. The molecule has 31 heavy (non-hydrogen) atoms. The van der Waals surface area contributed by atoms with Gasteiger partial charge in [-0.05, 0) is 54.8 Å². The van der Waals surface area contributed by atoms with Crippen LogP contribution in [0.25, 0.3) is 6.08 Å². The van der Waals surface area contributed by atoms with E-state index in [0.717, 1.165) is 41.8 Å². The van der Waals surface area contributed by atoms with Crippen LogP contribution in [0.15, 0.2) is 48.0 Å². The van der Waals surface area contributed by atoms with Gasteiger partial charge in [0.05, 0.1) is 12.3 Å². The lowest BCUT2D eigenvalue weighted by molar-refractivity contribution is -0.123.